The number of fused-ring (bicyclic) bond motifs is 1. The molecule has 1 aromatic carbocycles. The van der Waals surface area contributed by atoms with E-state index >= 15 is 0 Å². The zero-order chi connectivity index (χ0) is 24.1. The van der Waals surface area contributed by atoms with Gasteiger partial charge in [0.15, 0.2) is 5.69 Å². The minimum absolute atomic E-state index is 0.0654. The summed E-state index contributed by atoms with van der Waals surface area (Å²) in [6.45, 7) is -0.336. The molecule has 2 N–H and O–H groups in total. The van der Waals surface area contributed by atoms with Gasteiger partial charge in [-0.15, -0.1) is 11.3 Å². The smallest absolute Gasteiger partial charge is 0.345 e. The monoisotopic (exact) mass is 491 g/mol. The number of halogens is 4. The van der Waals surface area contributed by atoms with Crippen molar-refractivity contribution in [1.82, 2.24) is 25.3 Å². The van der Waals surface area contributed by atoms with Crippen molar-refractivity contribution in [3.05, 3.63) is 75.5 Å². The zero-order valence-electron chi connectivity index (χ0n) is 18.0. The van der Waals surface area contributed by atoms with Crippen molar-refractivity contribution in [2.24, 2.45) is 0 Å². The number of nitrogens with one attached hydrogen (secondary N) is 2. The van der Waals surface area contributed by atoms with E-state index < -0.39 is 28.5 Å². The van der Waals surface area contributed by atoms with Crippen LogP contribution in [-0.4, -0.2) is 25.8 Å². The molecule has 0 radical (unpaired) electrons. The van der Waals surface area contributed by atoms with Crippen molar-refractivity contribution in [1.29, 1.82) is 0 Å². The van der Waals surface area contributed by atoms with Crippen LogP contribution in [0.4, 0.5) is 17.6 Å². The first-order valence-corrected chi connectivity index (χ1v) is 11.5. The standard InChI is InChI=1S/C23H21F4N5OS/c24-14-7-6-12-28-17(14)13-29-22(33)20-21(23(25,26)27)34-19(32-20)11-3-1-2-10-18-30-15-8-4-5-9-16(15)31-18/h4-9,12H,1-3,10-11,13H2,(H,29,33)(H,30,31). The van der Waals surface area contributed by atoms with Crippen LogP contribution in [0.5, 0.6) is 0 Å². The summed E-state index contributed by atoms with van der Waals surface area (Å²) in [4.78, 5) is 26.8. The number of aromatic amines is 1. The number of para-hydroxylation sites is 2. The van der Waals surface area contributed by atoms with Gasteiger partial charge in [0.2, 0.25) is 0 Å². The summed E-state index contributed by atoms with van der Waals surface area (Å²) in [6, 6.07) is 10.3. The highest BCUT2D eigenvalue weighted by Crippen LogP contribution is 2.37. The number of imidazole rings is 1. The van der Waals surface area contributed by atoms with Gasteiger partial charge in [0.25, 0.3) is 5.91 Å². The number of hydrogen-bond donors (Lipinski definition) is 2. The van der Waals surface area contributed by atoms with E-state index in [1.165, 1.54) is 12.3 Å². The van der Waals surface area contributed by atoms with Gasteiger partial charge in [-0.05, 0) is 43.5 Å². The first-order valence-electron chi connectivity index (χ1n) is 10.7. The largest absolute Gasteiger partial charge is 0.427 e. The number of aromatic nitrogens is 4. The highest BCUT2D eigenvalue weighted by atomic mass is 32.1. The van der Waals surface area contributed by atoms with Crippen LogP contribution in [0.15, 0.2) is 42.6 Å². The van der Waals surface area contributed by atoms with Crippen LogP contribution in [0.2, 0.25) is 0 Å². The summed E-state index contributed by atoms with van der Waals surface area (Å²) < 4.78 is 54.1. The van der Waals surface area contributed by atoms with E-state index in [-0.39, 0.29) is 17.2 Å². The quantitative estimate of drug-likeness (QED) is 0.241. The molecule has 0 saturated carbocycles. The molecule has 0 fully saturated rings. The Kier molecular flexibility index (Phi) is 7.20. The summed E-state index contributed by atoms with van der Waals surface area (Å²) in [5, 5.41) is 2.52. The predicted octanol–water partition coefficient (Wildman–Crippen LogP) is 5.46. The van der Waals surface area contributed by atoms with E-state index in [0.717, 1.165) is 42.2 Å². The second-order valence-electron chi connectivity index (χ2n) is 7.66. The SMILES string of the molecule is O=C(NCc1ncccc1F)c1nc(CCCCCc2nc3ccccc3[nH]2)sc1C(F)(F)F. The molecule has 0 spiro atoms. The van der Waals surface area contributed by atoms with Gasteiger partial charge in [0.05, 0.1) is 28.3 Å². The molecule has 3 aromatic heterocycles. The molecule has 1 amide bonds. The number of hydrogen-bond acceptors (Lipinski definition) is 5. The normalized spacial score (nSPS) is 11.8. The minimum Gasteiger partial charge on any atom is -0.345 e. The second kappa shape index (κ2) is 10.3. The number of carbonyl (C=O) groups excluding carboxylic acids is 1. The number of benzene rings is 1. The van der Waals surface area contributed by atoms with Gasteiger partial charge in [0.1, 0.15) is 16.5 Å². The van der Waals surface area contributed by atoms with E-state index in [0.29, 0.717) is 24.2 Å². The van der Waals surface area contributed by atoms with Gasteiger partial charge in [-0.3, -0.25) is 9.78 Å². The number of rotatable bonds is 9. The van der Waals surface area contributed by atoms with Gasteiger partial charge < -0.3 is 10.3 Å². The Morgan fingerprint density at radius 1 is 1.03 bits per heavy atom. The van der Waals surface area contributed by atoms with Gasteiger partial charge in [-0.2, -0.15) is 13.2 Å². The number of aryl methyl sites for hydroxylation is 2. The number of amides is 1. The lowest BCUT2D eigenvalue weighted by Gasteiger charge is -2.07. The first kappa shape index (κ1) is 23.8. The molecule has 0 bridgehead atoms. The van der Waals surface area contributed by atoms with E-state index in [4.69, 9.17) is 0 Å². The average molecular weight is 492 g/mol. The Balaban J connectivity index is 1.32. The number of carbonyl (C=O) groups is 1. The van der Waals surface area contributed by atoms with Crippen molar-refractivity contribution >= 4 is 28.3 Å². The predicted molar refractivity (Wildman–Crippen MR) is 120 cm³/mol. The van der Waals surface area contributed by atoms with Gasteiger partial charge in [-0.25, -0.2) is 14.4 Å². The first-order chi connectivity index (χ1) is 16.3. The van der Waals surface area contributed by atoms with Crippen LogP contribution in [0.1, 0.15) is 51.2 Å². The van der Waals surface area contributed by atoms with Crippen LogP contribution in [0.25, 0.3) is 11.0 Å². The van der Waals surface area contributed by atoms with Crippen molar-refractivity contribution in [2.75, 3.05) is 0 Å². The maximum absolute atomic E-state index is 13.7. The number of thiazole rings is 1. The molecule has 4 rings (SSSR count). The molecule has 0 aliphatic rings. The average Bonchev–Trinajstić information content (AvgIpc) is 3.42. The third-order valence-corrected chi connectivity index (χ3v) is 6.30. The molecule has 34 heavy (non-hydrogen) atoms. The summed E-state index contributed by atoms with van der Waals surface area (Å²) in [6.07, 6.45) is -0.0842. The molecule has 178 valence electrons. The number of H-pyrrole nitrogens is 1. The molecule has 0 aliphatic carbocycles. The number of alkyl halides is 3. The van der Waals surface area contributed by atoms with Crippen molar-refractivity contribution in [3.8, 4) is 0 Å². The van der Waals surface area contributed by atoms with Crippen LogP contribution in [0.3, 0.4) is 0 Å². The molecule has 4 aromatic rings. The van der Waals surface area contributed by atoms with Crippen LogP contribution >= 0.6 is 11.3 Å². The summed E-state index contributed by atoms with van der Waals surface area (Å²) in [5.41, 5.74) is 1.11. The number of unbranched alkanes of at least 4 members (excludes halogenated alkanes) is 2. The molecule has 11 heteroatoms. The highest BCUT2D eigenvalue weighted by molar-refractivity contribution is 7.12. The minimum atomic E-state index is -4.71. The number of nitrogens with zero attached hydrogens (tertiary/aromatic N) is 3. The molecule has 0 aliphatic heterocycles. The molecule has 0 atom stereocenters. The van der Waals surface area contributed by atoms with Crippen LogP contribution in [0, 0.1) is 5.82 Å². The van der Waals surface area contributed by atoms with Crippen LogP contribution < -0.4 is 5.32 Å². The lowest BCUT2D eigenvalue weighted by atomic mass is 10.1. The Labute approximate surface area is 196 Å². The Morgan fingerprint density at radius 3 is 2.59 bits per heavy atom. The Morgan fingerprint density at radius 2 is 1.82 bits per heavy atom. The number of pyridine rings is 1. The Hall–Kier alpha value is -3.34. The maximum Gasteiger partial charge on any atom is 0.427 e. The lowest BCUT2D eigenvalue weighted by Crippen LogP contribution is -2.26. The molecule has 3 heterocycles. The summed E-state index contributed by atoms with van der Waals surface area (Å²) >= 11 is 0.472. The maximum atomic E-state index is 13.7. The zero-order valence-corrected chi connectivity index (χ0v) is 18.8. The molecule has 0 saturated heterocycles. The van der Waals surface area contributed by atoms with E-state index in [1.807, 2.05) is 24.3 Å². The topological polar surface area (TPSA) is 83.6 Å². The van der Waals surface area contributed by atoms with Crippen molar-refractivity contribution in [3.63, 3.8) is 0 Å². The molecular weight excluding hydrogens is 470 g/mol. The molecular formula is C23H21F4N5OS. The van der Waals surface area contributed by atoms with E-state index in [2.05, 4.69) is 25.3 Å². The highest BCUT2D eigenvalue weighted by Gasteiger charge is 2.39. The van der Waals surface area contributed by atoms with E-state index in [9.17, 15) is 22.4 Å². The van der Waals surface area contributed by atoms with Gasteiger partial charge in [-0.1, -0.05) is 18.6 Å². The fourth-order valence-electron chi connectivity index (χ4n) is 3.48. The summed E-state index contributed by atoms with van der Waals surface area (Å²) in [7, 11) is 0. The van der Waals surface area contributed by atoms with Gasteiger partial charge >= 0.3 is 6.18 Å². The third-order valence-electron chi connectivity index (χ3n) is 5.14. The van der Waals surface area contributed by atoms with Crippen molar-refractivity contribution in [2.45, 2.75) is 44.8 Å². The van der Waals surface area contributed by atoms with Gasteiger partial charge in [0, 0.05) is 12.6 Å². The molecule has 6 nitrogen and oxygen atoms in total. The van der Waals surface area contributed by atoms with E-state index in [1.54, 1.807) is 0 Å². The fraction of sp³-hybridized carbons (Fsp3) is 0.304. The lowest BCUT2D eigenvalue weighted by molar-refractivity contribution is -0.134. The third kappa shape index (κ3) is 5.77. The van der Waals surface area contributed by atoms with Crippen LogP contribution in [-0.2, 0) is 25.6 Å². The van der Waals surface area contributed by atoms with Crippen molar-refractivity contribution < 1.29 is 22.4 Å². The second-order valence-corrected chi connectivity index (χ2v) is 8.74. The Bertz CT molecular complexity index is 1250. The summed E-state index contributed by atoms with van der Waals surface area (Å²) in [5.74, 6) is -0.789. The fourth-order valence-corrected chi connectivity index (χ4v) is 4.45. The molecule has 0 unspecified atom stereocenters.